The number of alkyl halides is 3. The number of nitrogens with one attached hydrogen (secondary N) is 2. The number of nitrogens with zero attached hydrogens (tertiary/aromatic N) is 2. The summed E-state index contributed by atoms with van der Waals surface area (Å²) in [6.07, 6.45) is 1.84. The van der Waals surface area contributed by atoms with Gasteiger partial charge in [0.15, 0.2) is 4.90 Å². The van der Waals surface area contributed by atoms with Gasteiger partial charge in [-0.25, -0.2) is 22.6 Å². The number of fused-ring (bicyclic) bond motifs is 3. The van der Waals surface area contributed by atoms with E-state index in [0.717, 1.165) is 60.5 Å². The molecule has 0 saturated carbocycles. The van der Waals surface area contributed by atoms with Crippen molar-refractivity contribution in [2.45, 2.75) is 56.1 Å². The van der Waals surface area contributed by atoms with Crippen LogP contribution in [0.4, 0.5) is 23.7 Å². The van der Waals surface area contributed by atoms with Crippen LogP contribution in [0.3, 0.4) is 0 Å². The van der Waals surface area contributed by atoms with Crippen molar-refractivity contribution in [2.75, 3.05) is 11.9 Å². The highest BCUT2D eigenvalue weighted by Gasteiger charge is 2.44. The molecule has 1 unspecified atom stereocenters. The van der Waals surface area contributed by atoms with E-state index in [1.807, 2.05) is 4.72 Å². The molecule has 2 aromatic rings. The predicted molar refractivity (Wildman–Crippen MR) is 107 cm³/mol. The zero-order valence-corrected chi connectivity index (χ0v) is 17.8. The zero-order chi connectivity index (χ0) is 22.7. The fraction of sp³-hybridized carbons (Fsp3) is 0.500. The zero-order valence-electron chi connectivity index (χ0n) is 17.0. The van der Waals surface area contributed by atoms with E-state index >= 15 is 0 Å². The molecule has 8 nitrogen and oxygen atoms in total. The average molecular weight is 470 g/mol. The minimum Gasteiger partial charge on any atom is -0.476 e. The van der Waals surface area contributed by atoms with Crippen LogP contribution < -0.4 is 14.8 Å². The Morgan fingerprint density at radius 3 is 2.41 bits per heavy atom. The van der Waals surface area contributed by atoms with Crippen molar-refractivity contribution >= 4 is 21.7 Å². The molecule has 0 bridgehead atoms. The molecule has 2 amide bonds. The largest absolute Gasteiger partial charge is 0.476 e. The van der Waals surface area contributed by atoms with Crippen LogP contribution >= 0.6 is 0 Å². The van der Waals surface area contributed by atoms with Crippen molar-refractivity contribution in [3.8, 4) is 5.88 Å². The van der Waals surface area contributed by atoms with Gasteiger partial charge in [-0.3, -0.25) is 0 Å². The molecular weight excluding hydrogens is 449 g/mol. The van der Waals surface area contributed by atoms with E-state index in [0.29, 0.717) is 5.69 Å². The van der Waals surface area contributed by atoms with Crippen LogP contribution in [-0.4, -0.2) is 37.0 Å². The summed E-state index contributed by atoms with van der Waals surface area (Å²) in [6, 6.07) is 1.26. The molecule has 0 fully saturated rings. The normalized spacial score (nSPS) is 19.7. The molecule has 2 heterocycles. The van der Waals surface area contributed by atoms with Gasteiger partial charge in [0, 0.05) is 5.69 Å². The first-order chi connectivity index (χ1) is 15.1. The maximum absolute atomic E-state index is 12.9. The molecule has 1 aromatic carbocycles. The third-order valence-corrected chi connectivity index (χ3v) is 7.58. The number of benzene rings is 1. The number of hydrogen-bond donors (Lipinski definition) is 2. The Labute approximate surface area is 182 Å². The summed E-state index contributed by atoms with van der Waals surface area (Å²) < 4.78 is 72.3. The topological polar surface area (TPSA) is 102 Å². The van der Waals surface area contributed by atoms with Gasteiger partial charge in [0.1, 0.15) is 12.5 Å². The second-order valence-corrected chi connectivity index (χ2v) is 9.99. The minimum atomic E-state index is -4.49. The molecule has 5 rings (SSSR count). The summed E-state index contributed by atoms with van der Waals surface area (Å²) in [5.74, 6) is -2.10. The number of hydrogen-bond acceptors (Lipinski definition) is 5. The fourth-order valence-electron chi connectivity index (χ4n) is 4.74. The summed E-state index contributed by atoms with van der Waals surface area (Å²) in [7, 11) is -4.41. The lowest BCUT2D eigenvalue weighted by Gasteiger charge is -2.26. The van der Waals surface area contributed by atoms with Gasteiger partial charge in [0.2, 0.25) is 5.88 Å². The molecule has 172 valence electrons. The van der Waals surface area contributed by atoms with Crippen LogP contribution in [0.15, 0.2) is 17.2 Å². The maximum atomic E-state index is 12.9. The number of halogens is 3. The van der Waals surface area contributed by atoms with Crippen molar-refractivity contribution in [3.05, 3.63) is 34.5 Å². The van der Waals surface area contributed by atoms with Crippen molar-refractivity contribution in [1.82, 2.24) is 14.5 Å². The summed E-state index contributed by atoms with van der Waals surface area (Å²) in [5.41, 5.74) is 5.14. The van der Waals surface area contributed by atoms with Crippen LogP contribution in [0, 0.1) is 5.92 Å². The number of anilines is 1. The number of urea groups is 1. The highest BCUT2D eigenvalue weighted by atomic mass is 32.2. The Bertz CT molecular complexity index is 1170. The van der Waals surface area contributed by atoms with Gasteiger partial charge in [0.05, 0.1) is 12.7 Å². The highest BCUT2D eigenvalue weighted by molar-refractivity contribution is 7.90. The first-order valence-electron chi connectivity index (χ1n) is 10.4. The molecule has 0 spiro atoms. The molecule has 1 aliphatic heterocycles. The molecule has 12 heteroatoms. The van der Waals surface area contributed by atoms with Gasteiger partial charge in [-0.2, -0.15) is 18.3 Å². The molecule has 1 atom stereocenters. The monoisotopic (exact) mass is 470 g/mol. The molecule has 1 aromatic heterocycles. The van der Waals surface area contributed by atoms with E-state index in [2.05, 4.69) is 16.5 Å². The van der Waals surface area contributed by atoms with Gasteiger partial charge in [-0.1, -0.05) is 6.07 Å². The molecule has 2 N–H and O–H groups in total. The SMILES string of the molecule is O=C(Nc1c2c(cc3c1CCC3)CCC2)NS(=O)(=O)c1cnn2c1OCC(C(F)(F)F)C2. The third-order valence-electron chi connectivity index (χ3n) is 6.27. The molecule has 2 aliphatic carbocycles. The maximum Gasteiger partial charge on any atom is 0.396 e. The number of rotatable bonds is 3. The second-order valence-electron chi connectivity index (χ2n) is 8.34. The van der Waals surface area contributed by atoms with Crippen LogP contribution in [0.5, 0.6) is 5.88 Å². The van der Waals surface area contributed by atoms with Crippen LogP contribution in [-0.2, 0) is 42.3 Å². The Kier molecular flexibility index (Phi) is 4.88. The lowest BCUT2D eigenvalue weighted by atomic mass is 9.99. The molecule has 0 saturated heterocycles. The number of ether oxygens (including phenoxy) is 1. The number of sulfonamides is 1. The van der Waals surface area contributed by atoms with Crippen molar-refractivity contribution in [3.63, 3.8) is 0 Å². The van der Waals surface area contributed by atoms with Gasteiger partial charge in [0.25, 0.3) is 10.0 Å². The van der Waals surface area contributed by atoms with Crippen molar-refractivity contribution in [1.29, 1.82) is 0 Å². The van der Waals surface area contributed by atoms with Crippen molar-refractivity contribution < 1.29 is 31.1 Å². The Morgan fingerprint density at radius 1 is 1.12 bits per heavy atom. The van der Waals surface area contributed by atoms with Gasteiger partial charge >= 0.3 is 12.2 Å². The lowest BCUT2D eigenvalue weighted by Crippen LogP contribution is -2.38. The Balaban J connectivity index is 1.36. The summed E-state index contributed by atoms with van der Waals surface area (Å²) in [6.45, 7) is -1.27. The molecular formula is C20H21F3N4O4S. The quantitative estimate of drug-likeness (QED) is 0.718. The molecule has 0 radical (unpaired) electrons. The van der Waals surface area contributed by atoms with Gasteiger partial charge in [-0.15, -0.1) is 0 Å². The van der Waals surface area contributed by atoms with E-state index in [9.17, 15) is 26.4 Å². The van der Waals surface area contributed by atoms with Crippen LogP contribution in [0.2, 0.25) is 0 Å². The smallest absolute Gasteiger partial charge is 0.396 e. The number of carbonyl (C=O) groups excluding carboxylic acids is 1. The second kappa shape index (κ2) is 7.39. The minimum absolute atomic E-state index is 0.313. The van der Waals surface area contributed by atoms with E-state index < -0.39 is 46.2 Å². The van der Waals surface area contributed by atoms with Crippen LogP contribution in [0.25, 0.3) is 0 Å². The van der Waals surface area contributed by atoms with E-state index in [4.69, 9.17) is 4.74 Å². The summed E-state index contributed by atoms with van der Waals surface area (Å²) >= 11 is 0. The highest BCUT2D eigenvalue weighted by Crippen LogP contribution is 2.39. The van der Waals surface area contributed by atoms with E-state index in [-0.39, 0.29) is 5.88 Å². The van der Waals surface area contributed by atoms with Crippen LogP contribution in [0.1, 0.15) is 35.1 Å². The van der Waals surface area contributed by atoms with E-state index in [1.165, 1.54) is 11.1 Å². The fourth-order valence-corrected chi connectivity index (χ4v) is 5.72. The predicted octanol–water partition coefficient (Wildman–Crippen LogP) is 2.94. The first-order valence-corrected chi connectivity index (χ1v) is 11.9. The van der Waals surface area contributed by atoms with Gasteiger partial charge in [-0.05, 0) is 60.8 Å². The number of amides is 2. The number of aromatic nitrogens is 2. The summed E-state index contributed by atoms with van der Waals surface area (Å²) in [5, 5.41) is 6.44. The lowest BCUT2D eigenvalue weighted by molar-refractivity contribution is -0.191. The Hall–Kier alpha value is -2.76. The number of aryl methyl sites for hydroxylation is 2. The van der Waals surface area contributed by atoms with Gasteiger partial charge < -0.3 is 10.1 Å². The van der Waals surface area contributed by atoms with E-state index in [1.54, 1.807) is 0 Å². The van der Waals surface area contributed by atoms with Crippen molar-refractivity contribution in [2.24, 2.45) is 5.92 Å². The standard InChI is InChI=1S/C20H21F3N4O4S/c21-20(22,23)13-9-27-18(31-10-13)16(8-24-27)32(29,30)26-19(28)25-17-14-5-1-3-11(14)7-12-4-2-6-15(12)17/h7-8,13H,1-6,9-10H2,(H2,25,26,28). The summed E-state index contributed by atoms with van der Waals surface area (Å²) in [4.78, 5) is 12.2. The first kappa shape index (κ1) is 21.1. The number of carbonyl (C=O) groups is 1. The Morgan fingerprint density at radius 2 is 1.78 bits per heavy atom. The third kappa shape index (κ3) is 3.59. The average Bonchev–Trinajstić information content (AvgIpc) is 3.45. The molecule has 3 aliphatic rings. The molecule has 32 heavy (non-hydrogen) atoms.